The molecule has 0 spiro atoms. The first kappa shape index (κ1) is 13.4. The minimum atomic E-state index is -0.285. The van der Waals surface area contributed by atoms with Crippen LogP contribution in [0.25, 0.3) is 0 Å². The molecule has 0 heterocycles. The summed E-state index contributed by atoms with van der Waals surface area (Å²) in [6.45, 7) is 11.8. The summed E-state index contributed by atoms with van der Waals surface area (Å²) in [6.07, 6.45) is 3.96. The number of rotatable bonds is 6. The van der Waals surface area contributed by atoms with Gasteiger partial charge in [-0.1, -0.05) is 41.0 Å². The van der Waals surface area contributed by atoms with Crippen LogP contribution in [0.1, 0.15) is 53.9 Å². The molecule has 0 amide bonds. The molecular formula is C10H26OSi2. The van der Waals surface area contributed by atoms with Gasteiger partial charge in [0, 0.05) is 0 Å². The fourth-order valence-electron chi connectivity index (χ4n) is 2.50. The van der Waals surface area contributed by atoms with Crippen LogP contribution in [0.15, 0.2) is 0 Å². The van der Waals surface area contributed by atoms with Crippen molar-refractivity contribution < 1.29 is 4.12 Å². The summed E-state index contributed by atoms with van der Waals surface area (Å²) in [6, 6.07) is 0. The zero-order valence-corrected chi connectivity index (χ0v) is 13.7. The third kappa shape index (κ3) is 6.46. The lowest BCUT2D eigenvalue weighted by Crippen LogP contribution is -2.24. The molecule has 0 radical (unpaired) electrons. The smallest absolute Gasteiger partial charge is 0.151 e. The molecule has 1 nitrogen and oxygen atoms in total. The average Bonchev–Trinajstić information content (AvgIpc) is 1.82. The first-order valence-corrected chi connectivity index (χ1v) is 7.42. The first-order valence-electron chi connectivity index (χ1n) is 5.32. The van der Waals surface area contributed by atoms with Gasteiger partial charge in [0.1, 0.15) is 10.5 Å². The van der Waals surface area contributed by atoms with Crippen molar-refractivity contribution in [3.05, 3.63) is 0 Å². The summed E-state index contributed by atoms with van der Waals surface area (Å²) >= 11 is 0. The van der Waals surface area contributed by atoms with Crippen LogP contribution in [0.4, 0.5) is 0 Å². The fourth-order valence-corrected chi connectivity index (χ4v) is 6.41. The molecule has 0 aliphatic heterocycles. The lowest BCUT2D eigenvalue weighted by Gasteiger charge is -2.34. The molecule has 0 rings (SSSR count). The van der Waals surface area contributed by atoms with Crippen LogP contribution in [0, 0.1) is 5.41 Å². The fraction of sp³-hybridized carbons (Fsp3) is 1.00. The van der Waals surface area contributed by atoms with Crippen LogP contribution in [0.2, 0.25) is 5.04 Å². The van der Waals surface area contributed by atoms with Crippen LogP contribution in [-0.2, 0) is 4.12 Å². The van der Waals surface area contributed by atoms with E-state index in [2.05, 4.69) is 34.6 Å². The van der Waals surface area contributed by atoms with Gasteiger partial charge < -0.3 is 4.12 Å². The minimum Gasteiger partial charge on any atom is -0.468 e. The van der Waals surface area contributed by atoms with Crippen molar-refractivity contribution in [3.8, 4) is 0 Å². The maximum Gasteiger partial charge on any atom is 0.151 e. The molecule has 0 aromatic rings. The van der Waals surface area contributed by atoms with Crippen LogP contribution in [0.5, 0.6) is 0 Å². The standard InChI is InChI=1S/C10H26OSi2/c1-6-7-9(2,3)8-10(4,5)13-11-12/h6-8,13H2,1-5,12H3. The molecule has 0 fully saturated rings. The molecule has 0 aliphatic rings. The second kappa shape index (κ2) is 5.32. The van der Waals surface area contributed by atoms with Crippen molar-refractivity contribution in [2.45, 2.75) is 58.9 Å². The Morgan fingerprint density at radius 3 is 2.15 bits per heavy atom. The van der Waals surface area contributed by atoms with E-state index in [1.54, 1.807) is 0 Å². The van der Waals surface area contributed by atoms with E-state index < -0.39 is 0 Å². The maximum absolute atomic E-state index is 5.51. The van der Waals surface area contributed by atoms with Crippen molar-refractivity contribution in [2.24, 2.45) is 5.41 Å². The number of hydrogen-bond donors (Lipinski definition) is 0. The van der Waals surface area contributed by atoms with Crippen LogP contribution in [-0.4, -0.2) is 20.2 Å². The molecule has 0 saturated carbocycles. The summed E-state index contributed by atoms with van der Waals surface area (Å²) < 4.78 is 5.51. The van der Waals surface area contributed by atoms with Crippen molar-refractivity contribution in [1.82, 2.24) is 0 Å². The van der Waals surface area contributed by atoms with Gasteiger partial charge in [0.2, 0.25) is 0 Å². The van der Waals surface area contributed by atoms with E-state index in [0.717, 1.165) is 10.5 Å². The molecule has 3 heteroatoms. The lowest BCUT2D eigenvalue weighted by molar-refractivity contribution is 0.264. The molecule has 0 N–H and O–H groups in total. The molecule has 0 aromatic carbocycles. The van der Waals surface area contributed by atoms with E-state index >= 15 is 0 Å². The largest absolute Gasteiger partial charge is 0.468 e. The summed E-state index contributed by atoms with van der Waals surface area (Å²) in [7, 11) is 0.640. The Balaban J connectivity index is 4.07. The average molecular weight is 218 g/mol. The summed E-state index contributed by atoms with van der Waals surface area (Å²) in [5.41, 5.74) is 0.505. The van der Waals surface area contributed by atoms with Crippen molar-refractivity contribution in [3.63, 3.8) is 0 Å². The van der Waals surface area contributed by atoms with E-state index in [-0.39, 0.29) is 9.76 Å². The van der Waals surface area contributed by atoms with Gasteiger partial charge in [0.05, 0.1) is 0 Å². The SMILES string of the molecule is CCCC(C)(C)CC(C)(C)[SiH2]O[SiH3]. The van der Waals surface area contributed by atoms with Gasteiger partial charge >= 0.3 is 0 Å². The van der Waals surface area contributed by atoms with Gasteiger partial charge in [0.25, 0.3) is 0 Å². The normalized spacial score (nSPS) is 14.5. The minimum absolute atomic E-state index is 0.285. The van der Waals surface area contributed by atoms with E-state index in [0.29, 0.717) is 10.5 Å². The molecule has 0 aliphatic carbocycles. The molecule has 0 atom stereocenters. The summed E-state index contributed by atoms with van der Waals surface area (Å²) in [5, 5.41) is 0.487. The highest BCUT2D eigenvalue weighted by atomic mass is 28.3. The second-order valence-electron chi connectivity index (χ2n) is 5.69. The van der Waals surface area contributed by atoms with E-state index in [1.165, 1.54) is 19.3 Å². The molecule has 0 saturated heterocycles. The van der Waals surface area contributed by atoms with E-state index in [4.69, 9.17) is 4.12 Å². The third-order valence-electron chi connectivity index (χ3n) is 2.42. The van der Waals surface area contributed by atoms with Crippen LogP contribution in [0.3, 0.4) is 0 Å². The lowest BCUT2D eigenvalue weighted by atomic mass is 9.80. The van der Waals surface area contributed by atoms with Crippen LogP contribution >= 0.6 is 0 Å². The predicted molar refractivity (Wildman–Crippen MR) is 66.9 cm³/mol. The zero-order valence-electron chi connectivity index (χ0n) is 10.2. The highest BCUT2D eigenvalue weighted by Gasteiger charge is 2.28. The first-order chi connectivity index (χ1) is 5.83. The predicted octanol–water partition coefficient (Wildman–Crippen LogP) is 1.78. The van der Waals surface area contributed by atoms with E-state index in [9.17, 15) is 0 Å². The monoisotopic (exact) mass is 218 g/mol. The van der Waals surface area contributed by atoms with Gasteiger partial charge in [-0.2, -0.15) is 0 Å². The molecule has 80 valence electrons. The third-order valence-corrected chi connectivity index (χ3v) is 4.61. The Hall–Kier alpha value is 0.394. The van der Waals surface area contributed by atoms with Gasteiger partial charge in [0.15, 0.2) is 9.76 Å². The highest BCUT2D eigenvalue weighted by molar-refractivity contribution is 6.38. The quantitative estimate of drug-likeness (QED) is 0.618. The topological polar surface area (TPSA) is 9.23 Å². The molecule has 13 heavy (non-hydrogen) atoms. The van der Waals surface area contributed by atoms with Crippen molar-refractivity contribution in [2.75, 3.05) is 0 Å². The molecule has 0 bridgehead atoms. The van der Waals surface area contributed by atoms with Gasteiger partial charge in [-0.05, 0) is 23.3 Å². The molecule has 0 aromatic heterocycles. The van der Waals surface area contributed by atoms with Gasteiger partial charge in [-0.15, -0.1) is 0 Å². The second-order valence-corrected chi connectivity index (χ2v) is 10.2. The van der Waals surface area contributed by atoms with Gasteiger partial charge in [-0.25, -0.2) is 0 Å². The van der Waals surface area contributed by atoms with Gasteiger partial charge in [-0.3, -0.25) is 0 Å². The van der Waals surface area contributed by atoms with Crippen LogP contribution < -0.4 is 0 Å². The number of hydrogen-bond acceptors (Lipinski definition) is 1. The Kier molecular flexibility index (Phi) is 5.48. The van der Waals surface area contributed by atoms with Crippen molar-refractivity contribution in [1.29, 1.82) is 0 Å². The molecule has 0 unspecified atom stereocenters. The maximum atomic E-state index is 5.51. The molecular weight excluding hydrogens is 192 g/mol. The Morgan fingerprint density at radius 1 is 1.23 bits per heavy atom. The highest BCUT2D eigenvalue weighted by Crippen LogP contribution is 2.40. The summed E-state index contributed by atoms with van der Waals surface area (Å²) in [5.74, 6) is 0. The van der Waals surface area contributed by atoms with Crippen molar-refractivity contribution >= 4 is 20.2 Å². The Morgan fingerprint density at radius 2 is 1.77 bits per heavy atom. The zero-order chi connectivity index (χ0) is 10.5. The summed E-state index contributed by atoms with van der Waals surface area (Å²) in [4.78, 5) is 0. The Bertz CT molecular complexity index is 128. The van der Waals surface area contributed by atoms with E-state index in [1.807, 2.05) is 0 Å². The Labute approximate surface area is 89.1 Å².